The second kappa shape index (κ2) is 9.75. The van der Waals surface area contributed by atoms with Gasteiger partial charge in [0.1, 0.15) is 0 Å². The number of nitrogens with two attached hydrogens (primary N) is 1. The average molecular weight is 396 g/mol. The van der Waals surface area contributed by atoms with E-state index >= 15 is 0 Å². The van der Waals surface area contributed by atoms with Crippen LogP contribution in [0.25, 0.3) is 0 Å². The van der Waals surface area contributed by atoms with Gasteiger partial charge in [0.25, 0.3) is 0 Å². The fourth-order valence-corrected chi connectivity index (χ4v) is 4.18. The van der Waals surface area contributed by atoms with Gasteiger partial charge in [0.05, 0.1) is 18.8 Å². The number of benzene rings is 3. The quantitative estimate of drug-likeness (QED) is 0.345. The molecule has 0 heterocycles. The Balaban J connectivity index is 1.82. The minimum absolute atomic E-state index is 0.0454. The van der Waals surface area contributed by atoms with E-state index in [1.54, 1.807) is 24.3 Å². The molecule has 0 aliphatic carbocycles. The smallest absolute Gasteiger partial charge is 0.0883 e. The van der Waals surface area contributed by atoms with Crippen LogP contribution in [0.15, 0.2) is 83.8 Å². The molecule has 3 aromatic carbocycles. The van der Waals surface area contributed by atoms with Gasteiger partial charge in [-0.15, -0.1) is 11.8 Å². The van der Waals surface area contributed by atoms with E-state index in [1.807, 2.05) is 54.6 Å². The van der Waals surface area contributed by atoms with E-state index in [1.165, 1.54) is 11.8 Å². The second-order valence-corrected chi connectivity index (χ2v) is 7.76. The highest BCUT2D eigenvalue weighted by Crippen LogP contribution is 2.36. The van der Waals surface area contributed by atoms with Crippen LogP contribution in [0, 0.1) is 0 Å². The van der Waals surface area contributed by atoms with Crippen LogP contribution >= 0.6 is 11.8 Å². The highest BCUT2D eigenvalue weighted by atomic mass is 32.2. The van der Waals surface area contributed by atoms with Gasteiger partial charge in [-0.1, -0.05) is 66.7 Å². The zero-order valence-electron chi connectivity index (χ0n) is 15.5. The second-order valence-electron chi connectivity index (χ2n) is 6.70. The standard InChI is InChI=1S/C23H25NO3S/c24-19-8-4-5-9-21(19)28-15-20(26)22(17-6-2-1-3-7-17)23(27)18-12-10-16(14-25)11-13-18/h1-13,20,22-23,25-27H,14-15,24H2. The number of hydrogen-bond donors (Lipinski definition) is 4. The van der Waals surface area contributed by atoms with Gasteiger partial charge in [-0.3, -0.25) is 0 Å². The molecule has 5 heteroatoms. The van der Waals surface area contributed by atoms with Gasteiger partial charge >= 0.3 is 0 Å². The predicted molar refractivity (Wildman–Crippen MR) is 114 cm³/mol. The lowest BCUT2D eigenvalue weighted by atomic mass is 9.85. The summed E-state index contributed by atoms with van der Waals surface area (Å²) in [4.78, 5) is 0.912. The highest BCUT2D eigenvalue weighted by molar-refractivity contribution is 7.99. The first-order valence-corrected chi connectivity index (χ1v) is 10.2. The maximum absolute atomic E-state index is 11.1. The van der Waals surface area contributed by atoms with Gasteiger partial charge in [0.15, 0.2) is 0 Å². The van der Waals surface area contributed by atoms with Crippen LogP contribution in [0.3, 0.4) is 0 Å². The molecule has 0 aliphatic heterocycles. The molecule has 3 aromatic rings. The van der Waals surface area contributed by atoms with Crippen molar-refractivity contribution in [3.63, 3.8) is 0 Å². The van der Waals surface area contributed by atoms with Crippen LogP contribution in [0.4, 0.5) is 5.69 Å². The molecule has 0 saturated carbocycles. The van der Waals surface area contributed by atoms with Crippen molar-refractivity contribution in [1.29, 1.82) is 0 Å². The number of nitrogen functional groups attached to an aromatic ring is 1. The lowest BCUT2D eigenvalue weighted by Crippen LogP contribution is -2.27. The van der Waals surface area contributed by atoms with Crippen molar-refractivity contribution in [3.05, 3.63) is 95.6 Å². The maximum Gasteiger partial charge on any atom is 0.0883 e. The van der Waals surface area contributed by atoms with Crippen LogP contribution in [0.2, 0.25) is 0 Å². The molecule has 0 saturated heterocycles. The number of aliphatic hydroxyl groups excluding tert-OH is 3. The molecule has 3 unspecified atom stereocenters. The van der Waals surface area contributed by atoms with Crippen LogP contribution in [-0.2, 0) is 6.61 Å². The van der Waals surface area contributed by atoms with Gasteiger partial charge in [-0.2, -0.15) is 0 Å². The van der Waals surface area contributed by atoms with Crippen molar-refractivity contribution >= 4 is 17.4 Å². The number of hydrogen-bond acceptors (Lipinski definition) is 5. The molecular formula is C23H25NO3S. The van der Waals surface area contributed by atoms with Crippen LogP contribution < -0.4 is 5.73 Å². The third kappa shape index (κ3) is 4.94. The highest BCUT2D eigenvalue weighted by Gasteiger charge is 2.30. The van der Waals surface area contributed by atoms with E-state index in [-0.39, 0.29) is 6.61 Å². The third-order valence-corrected chi connectivity index (χ3v) is 5.96. The summed E-state index contributed by atoms with van der Waals surface area (Å²) in [5, 5.41) is 31.3. The first-order chi connectivity index (χ1) is 13.6. The topological polar surface area (TPSA) is 86.7 Å². The average Bonchev–Trinajstić information content (AvgIpc) is 2.74. The molecule has 0 bridgehead atoms. The summed E-state index contributed by atoms with van der Waals surface area (Å²) >= 11 is 1.48. The van der Waals surface area contributed by atoms with E-state index in [4.69, 9.17) is 5.73 Å². The molecule has 0 spiro atoms. The van der Waals surface area contributed by atoms with Crippen LogP contribution in [-0.4, -0.2) is 27.2 Å². The first kappa shape index (κ1) is 20.4. The van der Waals surface area contributed by atoms with Crippen molar-refractivity contribution in [2.75, 3.05) is 11.5 Å². The molecule has 0 aromatic heterocycles. The Morgan fingerprint density at radius 1 is 0.786 bits per heavy atom. The summed E-state index contributed by atoms with van der Waals surface area (Å²) in [6.07, 6.45) is -1.65. The Kier molecular flexibility index (Phi) is 7.12. The molecule has 0 aliphatic rings. The summed E-state index contributed by atoms with van der Waals surface area (Å²) in [5.74, 6) is -0.0851. The van der Waals surface area contributed by atoms with Gasteiger partial charge < -0.3 is 21.1 Å². The number of thioether (sulfide) groups is 1. The first-order valence-electron chi connectivity index (χ1n) is 9.18. The van der Waals surface area contributed by atoms with Crippen molar-refractivity contribution < 1.29 is 15.3 Å². The Morgan fingerprint density at radius 3 is 2.07 bits per heavy atom. The van der Waals surface area contributed by atoms with Gasteiger partial charge in [-0.05, 0) is 28.8 Å². The van der Waals surface area contributed by atoms with Crippen molar-refractivity contribution in [2.45, 2.75) is 29.6 Å². The van der Waals surface area contributed by atoms with E-state index in [0.29, 0.717) is 17.0 Å². The summed E-state index contributed by atoms with van der Waals surface area (Å²) in [5.41, 5.74) is 9.03. The van der Waals surface area contributed by atoms with Crippen LogP contribution in [0.5, 0.6) is 0 Å². The summed E-state index contributed by atoms with van der Waals surface area (Å²) in [7, 11) is 0. The Labute approximate surface area is 169 Å². The Bertz CT molecular complexity index is 871. The molecule has 3 atom stereocenters. The number of para-hydroxylation sites is 1. The fourth-order valence-electron chi connectivity index (χ4n) is 3.21. The molecular weight excluding hydrogens is 370 g/mol. The van der Waals surface area contributed by atoms with Crippen molar-refractivity contribution in [1.82, 2.24) is 0 Å². The molecule has 5 N–H and O–H groups in total. The molecule has 0 amide bonds. The summed E-state index contributed by atoms with van der Waals surface area (Å²) in [6, 6.07) is 24.3. The SMILES string of the molecule is Nc1ccccc1SCC(O)C(c1ccccc1)C(O)c1ccc(CO)cc1. The lowest BCUT2D eigenvalue weighted by Gasteiger charge is -2.28. The van der Waals surface area contributed by atoms with E-state index in [2.05, 4.69) is 0 Å². The van der Waals surface area contributed by atoms with Crippen LogP contribution in [0.1, 0.15) is 28.7 Å². The zero-order valence-corrected chi connectivity index (χ0v) is 16.3. The largest absolute Gasteiger partial charge is 0.398 e. The third-order valence-electron chi connectivity index (χ3n) is 4.77. The maximum atomic E-state index is 11.1. The van der Waals surface area contributed by atoms with Crippen molar-refractivity contribution in [3.8, 4) is 0 Å². The fraction of sp³-hybridized carbons (Fsp3) is 0.217. The van der Waals surface area contributed by atoms with Gasteiger partial charge in [-0.25, -0.2) is 0 Å². The molecule has 0 fully saturated rings. The number of anilines is 1. The lowest BCUT2D eigenvalue weighted by molar-refractivity contribution is 0.0642. The number of rotatable bonds is 8. The number of aliphatic hydroxyl groups is 3. The molecule has 4 nitrogen and oxygen atoms in total. The minimum Gasteiger partial charge on any atom is -0.398 e. The van der Waals surface area contributed by atoms with E-state index < -0.39 is 18.1 Å². The molecule has 0 radical (unpaired) electrons. The van der Waals surface area contributed by atoms with E-state index in [0.717, 1.165) is 16.0 Å². The molecule has 146 valence electrons. The normalized spacial score (nSPS) is 14.4. The molecule has 3 rings (SSSR count). The monoisotopic (exact) mass is 395 g/mol. The Hall–Kier alpha value is -2.31. The molecule has 28 heavy (non-hydrogen) atoms. The zero-order chi connectivity index (χ0) is 19.9. The minimum atomic E-state index is -0.876. The Morgan fingerprint density at radius 2 is 1.43 bits per heavy atom. The van der Waals surface area contributed by atoms with Gasteiger partial charge in [0.2, 0.25) is 0 Å². The summed E-state index contributed by atoms with van der Waals surface area (Å²) < 4.78 is 0. The predicted octanol–water partition coefficient (Wildman–Crippen LogP) is 3.73. The summed E-state index contributed by atoms with van der Waals surface area (Å²) in [6.45, 7) is -0.0454. The van der Waals surface area contributed by atoms with Gasteiger partial charge in [0, 0.05) is 22.3 Å². The van der Waals surface area contributed by atoms with Crippen molar-refractivity contribution in [2.24, 2.45) is 0 Å². The van der Waals surface area contributed by atoms with E-state index in [9.17, 15) is 15.3 Å².